The highest BCUT2D eigenvalue weighted by atomic mass is 16.4. The molecule has 21 heavy (non-hydrogen) atoms. The molecule has 1 aliphatic heterocycles. The SMILES string of the molecule is CNCC1CCCN(Cc2ccc(C(C)C(=O)O)cc2)C1. The van der Waals surface area contributed by atoms with Crippen LogP contribution in [0.4, 0.5) is 0 Å². The Balaban J connectivity index is 1.92. The van der Waals surface area contributed by atoms with E-state index in [4.69, 9.17) is 5.11 Å². The summed E-state index contributed by atoms with van der Waals surface area (Å²) in [5.41, 5.74) is 2.14. The second-order valence-electron chi connectivity index (χ2n) is 6.10. The standard InChI is InChI=1S/C17H26N2O2/c1-13(17(20)21)16-7-5-14(6-8-16)11-19-9-3-4-15(12-19)10-18-2/h5-8,13,15,18H,3-4,9-12H2,1-2H3,(H,20,21). The van der Waals surface area contributed by atoms with Gasteiger partial charge in [-0.1, -0.05) is 24.3 Å². The summed E-state index contributed by atoms with van der Waals surface area (Å²) in [6.45, 7) is 6.08. The monoisotopic (exact) mass is 290 g/mol. The molecule has 1 fully saturated rings. The van der Waals surface area contributed by atoms with Crippen molar-refractivity contribution in [3.8, 4) is 0 Å². The summed E-state index contributed by atoms with van der Waals surface area (Å²) in [4.78, 5) is 13.5. The zero-order valence-electron chi connectivity index (χ0n) is 13.0. The number of carbonyl (C=O) groups is 1. The third-order valence-corrected chi connectivity index (χ3v) is 4.35. The van der Waals surface area contributed by atoms with Gasteiger partial charge in [-0.2, -0.15) is 0 Å². The van der Waals surface area contributed by atoms with E-state index in [1.165, 1.54) is 18.4 Å². The molecule has 1 aromatic rings. The van der Waals surface area contributed by atoms with E-state index in [1.54, 1.807) is 6.92 Å². The normalized spacial score (nSPS) is 21.1. The van der Waals surface area contributed by atoms with Crippen LogP contribution in [-0.2, 0) is 11.3 Å². The van der Waals surface area contributed by atoms with E-state index in [1.807, 2.05) is 19.2 Å². The molecular formula is C17H26N2O2. The fraction of sp³-hybridized carbons (Fsp3) is 0.588. The molecule has 2 N–H and O–H groups in total. The quantitative estimate of drug-likeness (QED) is 0.844. The lowest BCUT2D eigenvalue weighted by molar-refractivity contribution is -0.138. The highest BCUT2D eigenvalue weighted by Crippen LogP contribution is 2.20. The van der Waals surface area contributed by atoms with E-state index < -0.39 is 11.9 Å². The predicted molar refractivity (Wildman–Crippen MR) is 84.4 cm³/mol. The Bertz CT molecular complexity index is 456. The summed E-state index contributed by atoms with van der Waals surface area (Å²) in [6.07, 6.45) is 2.58. The van der Waals surface area contributed by atoms with Crippen LogP contribution in [0.1, 0.15) is 36.8 Å². The summed E-state index contributed by atoms with van der Waals surface area (Å²) in [7, 11) is 2.02. The van der Waals surface area contributed by atoms with Crippen molar-refractivity contribution in [2.45, 2.75) is 32.2 Å². The van der Waals surface area contributed by atoms with Crippen molar-refractivity contribution in [1.29, 1.82) is 0 Å². The van der Waals surface area contributed by atoms with Crippen molar-refractivity contribution in [2.24, 2.45) is 5.92 Å². The van der Waals surface area contributed by atoms with Crippen molar-refractivity contribution in [3.63, 3.8) is 0 Å². The molecule has 0 saturated carbocycles. The van der Waals surface area contributed by atoms with Crippen molar-refractivity contribution in [1.82, 2.24) is 10.2 Å². The Morgan fingerprint density at radius 2 is 2.14 bits per heavy atom. The van der Waals surface area contributed by atoms with Gasteiger partial charge in [0.25, 0.3) is 0 Å². The number of likely N-dealkylation sites (tertiary alicyclic amines) is 1. The van der Waals surface area contributed by atoms with Gasteiger partial charge in [0.15, 0.2) is 0 Å². The average Bonchev–Trinajstić information content (AvgIpc) is 2.48. The van der Waals surface area contributed by atoms with Crippen molar-refractivity contribution in [3.05, 3.63) is 35.4 Å². The zero-order valence-corrected chi connectivity index (χ0v) is 13.0. The van der Waals surface area contributed by atoms with Gasteiger partial charge in [0.05, 0.1) is 5.92 Å². The van der Waals surface area contributed by atoms with Gasteiger partial charge in [-0.25, -0.2) is 0 Å². The van der Waals surface area contributed by atoms with Gasteiger partial charge in [-0.05, 0) is 56.9 Å². The van der Waals surface area contributed by atoms with Crippen LogP contribution in [0, 0.1) is 5.92 Å². The largest absolute Gasteiger partial charge is 0.481 e. The van der Waals surface area contributed by atoms with Crippen LogP contribution >= 0.6 is 0 Å². The number of aliphatic carboxylic acids is 1. The topological polar surface area (TPSA) is 52.6 Å². The minimum Gasteiger partial charge on any atom is -0.481 e. The summed E-state index contributed by atoms with van der Waals surface area (Å²) < 4.78 is 0. The Labute approximate surface area is 127 Å². The maximum Gasteiger partial charge on any atom is 0.310 e. The molecule has 1 aromatic carbocycles. The van der Waals surface area contributed by atoms with Gasteiger partial charge in [0.2, 0.25) is 0 Å². The van der Waals surface area contributed by atoms with Gasteiger partial charge in [0, 0.05) is 13.1 Å². The van der Waals surface area contributed by atoms with E-state index in [-0.39, 0.29) is 0 Å². The molecule has 1 saturated heterocycles. The maximum absolute atomic E-state index is 11.0. The molecular weight excluding hydrogens is 264 g/mol. The molecule has 0 spiro atoms. The molecule has 4 heteroatoms. The van der Waals surface area contributed by atoms with Crippen LogP contribution in [0.2, 0.25) is 0 Å². The lowest BCUT2D eigenvalue weighted by Gasteiger charge is -2.32. The fourth-order valence-electron chi connectivity index (χ4n) is 3.06. The fourth-order valence-corrected chi connectivity index (χ4v) is 3.06. The lowest BCUT2D eigenvalue weighted by atomic mass is 9.97. The maximum atomic E-state index is 11.0. The van der Waals surface area contributed by atoms with Crippen LogP contribution < -0.4 is 5.32 Å². The minimum atomic E-state index is -0.770. The molecule has 1 heterocycles. The number of nitrogens with zero attached hydrogens (tertiary/aromatic N) is 1. The summed E-state index contributed by atoms with van der Waals surface area (Å²) in [5.74, 6) is -0.460. The first kappa shape index (κ1) is 16.0. The molecule has 2 rings (SSSR count). The molecule has 4 nitrogen and oxygen atoms in total. The number of carboxylic acids is 1. The van der Waals surface area contributed by atoms with Gasteiger partial charge in [-0.15, -0.1) is 0 Å². The van der Waals surface area contributed by atoms with Crippen molar-refractivity contribution >= 4 is 5.97 Å². The summed E-state index contributed by atoms with van der Waals surface area (Å²) >= 11 is 0. The number of rotatable bonds is 6. The molecule has 0 radical (unpaired) electrons. The van der Waals surface area contributed by atoms with Gasteiger partial charge < -0.3 is 10.4 Å². The Morgan fingerprint density at radius 1 is 1.43 bits per heavy atom. The highest BCUT2D eigenvalue weighted by Gasteiger charge is 2.19. The Kier molecular flexibility index (Phi) is 5.76. The van der Waals surface area contributed by atoms with Crippen LogP contribution in [0.15, 0.2) is 24.3 Å². The first-order valence-electron chi connectivity index (χ1n) is 7.78. The third kappa shape index (κ3) is 4.55. The van der Waals surface area contributed by atoms with E-state index >= 15 is 0 Å². The Hall–Kier alpha value is -1.39. The summed E-state index contributed by atoms with van der Waals surface area (Å²) in [5, 5.41) is 12.3. The minimum absolute atomic E-state index is 0.436. The van der Waals surface area contributed by atoms with Crippen molar-refractivity contribution in [2.75, 3.05) is 26.7 Å². The van der Waals surface area contributed by atoms with E-state index in [0.29, 0.717) is 0 Å². The number of piperidine rings is 1. The van der Waals surface area contributed by atoms with Crippen LogP contribution in [-0.4, -0.2) is 42.7 Å². The third-order valence-electron chi connectivity index (χ3n) is 4.35. The number of benzene rings is 1. The number of hydrogen-bond donors (Lipinski definition) is 2. The van der Waals surface area contributed by atoms with Crippen molar-refractivity contribution < 1.29 is 9.90 Å². The summed E-state index contributed by atoms with van der Waals surface area (Å²) in [6, 6.07) is 8.03. The molecule has 1 aliphatic rings. The van der Waals surface area contributed by atoms with Gasteiger partial charge in [0.1, 0.15) is 0 Å². The Morgan fingerprint density at radius 3 is 2.76 bits per heavy atom. The molecule has 0 bridgehead atoms. The lowest BCUT2D eigenvalue weighted by Crippen LogP contribution is -2.38. The number of carboxylic acid groups (broad SMARTS) is 1. The zero-order chi connectivity index (χ0) is 15.2. The van der Waals surface area contributed by atoms with Gasteiger partial charge in [-0.3, -0.25) is 9.69 Å². The average molecular weight is 290 g/mol. The predicted octanol–water partition coefficient (Wildman–Crippen LogP) is 2.31. The highest BCUT2D eigenvalue weighted by molar-refractivity contribution is 5.75. The second kappa shape index (κ2) is 7.57. The smallest absolute Gasteiger partial charge is 0.310 e. The molecule has 116 valence electrons. The number of nitrogens with one attached hydrogen (secondary N) is 1. The second-order valence-corrected chi connectivity index (χ2v) is 6.10. The van der Waals surface area contributed by atoms with Crippen LogP contribution in [0.5, 0.6) is 0 Å². The van der Waals surface area contributed by atoms with E-state index in [2.05, 4.69) is 22.3 Å². The first-order chi connectivity index (χ1) is 10.1. The molecule has 0 amide bonds. The molecule has 2 unspecified atom stereocenters. The molecule has 0 aromatic heterocycles. The van der Waals surface area contributed by atoms with E-state index in [9.17, 15) is 4.79 Å². The van der Waals surface area contributed by atoms with E-state index in [0.717, 1.165) is 37.7 Å². The molecule has 0 aliphatic carbocycles. The molecule has 2 atom stereocenters. The van der Waals surface area contributed by atoms with Crippen LogP contribution in [0.25, 0.3) is 0 Å². The van der Waals surface area contributed by atoms with Gasteiger partial charge >= 0.3 is 5.97 Å². The first-order valence-corrected chi connectivity index (χ1v) is 7.78. The van der Waals surface area contributed by atoms with Crippen LogP contribution in [0.3, 0.4) is 0 Å². The number of hydrogen-bond acceptors (Lipinski definition) is 3.